The fourth-order valence-electron chi connectivity index (χ4n) is 1.67. The highest BCUT2D eigenvalue weighted by Crippen LogP contribution is 2.31. The van der Waals surface area contributed by atoms with Gasteiger partial charge >= 0.3 is 0 Å². The van der Waals surface area contributed by atoms with Crippen LogP contribution in [-0.2, 0) is 4.79 Å². The van der Waals surface area contributed by atoms with Gasteiger partial charge in [0.1, 0.15) is 0 Å². The molecule has 1 aliphatic heterocycles. The van der Waals surface area contributed by atoms with Gasteiger partial charge in [-0.25, -0.2) is 0 Å². The summed E-state index contributed by atoms with van der Waals surface area (Å²) in [6, 6.07) is 8.87. The van der Waals surface area contributed by atoms with E-state index < -0.39 is 0 Å². The zero-order valence-corrected chi connectivity index (χ0v) is 10.8. The molecule has 0 radical (unpaired) electrons. The molecular formula is C13H11N3O2S. The fraction of sp³-hybridized carbons (Fsp3) is 0.154. The molecule has 96 valence electrons. The lowest BCUT2D eigenvalue weighted by molar-refractivity contribution is -0.122. The summed E-state index contributed by atoms with van der Waals surface area (Å²) in [4.78, 5) is 25.1. The molecule has 1 aliphatic rings. The van der Waals surface area contributed by atoms with Gasteiger partial charge in [0.25, 0.3) is 11.1 Å². The van der Waals surface area contributed by atoms with E-state index in [4.69, 9.17) is 11.0 Å². The van der Waals surface area contributed by atoms with Crippen LogP contribution in [0.15, 0.2) is 29.2 Å². The van der Waals surface area contributed by atoms with Gasteiger partial charge in [0.15, 0.2) is 0 Å². The van der Waals surface area contributed by atoms with Gasteiger partial charge in [-0.3, -0.25) is 14.5 Å². The van der Waals surface area contributed by atoms with Crippen molar-refractivity contribution in [3.8, 4) is 6.07 Å². The van der Waals surface area contributed by atoms with Crippen molar-refractivity contribution in [3.63, 3.8) is 0 Å². The monoisotopic (exact) mass is 273 g/mol. The smallest absolute Gasteiger partial charge is 0.293 e. The minimum Gasteiger partial charge on any atom is -0.329 e. The number of thioether (sulfide) groups is 1. The fourth-order valence-corrected chi connectivity index (χ4v) is 2.54. The van der Waals surface area contributed by atoms with E-state index in [9.17, 15) is 9.59 Å². The van der Waals surface area contributed by atoms with Crippen LogP contribution in [0.1, 0.15) is 11.1 Å². The first-order valence-corrected chi connectivity index (χ1v) is 6.43. The van der Waals surface area contributed by atoms with E-state index in [-0.39, 0.29) is 24.2 Å². The quantitative estimate of drug-likeness (QED) is 0.844. The third kappa shape index (κ3) is 2.84. The van der Waals surface area contributed by atoms with E-state index in [0.29, 0.717) is 10.5 Å². The van der Waals surface area contributed by atoms with Crippen molar-refractivity contribution >= 4 is 29.0 Å². The Morgan fingerprint density at radius 1 is 1.42 bits per heavy atom. The van der Waals surface area contributed by atoms with Crippen LogP contribution in [0.3, 0.4) is 0 Å². The van der Waals surface area contributed by atoms with E-state index >= 15 is 0 Å². The zero-order valence-electron chi connectivity index (χ0n) is 10.00. The number of carbonyl (C=O) groups is 2. The Labute approximate surface area is 114 Å². The van der Waals surface area contributed by atoms with Crippen LogP contribution in [0.4, 0.5) is 4.79 Å². The Morgan fingerprint density at radius 2 is 2.21 bits per heavy atom. The molecule has 0 bridgehead atoms. The van der Waals surface area contributed by atoms with E-state index in [1.54, 1.807) is 30.3 Å². The van der Waals surface area contributed by atoms with Crippen LogP contribution >= 0.6 is 11.8 Å². The van der Waals surface area contributed by atoms with Crippen molar-refractivity contribution in [2.75, 3.05) is 13.1 Å². The highest BCUT2D eigenvalue weighted by molar-refractivity contribution is 8.18. The SMILES string of the molecule is N#Cc1cccc(/C=C2\SC(=O)N(CCN)C2=O)c1. The summed E-state index contributed by atoms with van der Waals surface area (Å²) in [5, 5.41) is 8.50. The second-order valence-corrected chi connectivity index (χ2v) is 4.85. The third-order valence-electron chi connectivity index (χ3n) is 2.54. The molecule has 1 fully saturated rings. The summed E-state index contributed by atoms with van der Waals surface area (Å²) < 4.78 is 0. The average Bonchev–Trinajstić information content (AvgIpc) is 2.67. The van der Waals surface area contributed by atoms with Gasteiger partial charge in [-0.2, -0.15) is 5.26 Å². The van der Waals surface area contributed by atoms with Crippen molar-refractivity contribution < 1.29 is 9.59 Å². The molecule has 2 rings (SSSR count). The van der Waals surface area contributed by atoms with E-state index in [0.717, 1.165) is 22.2 Å². The van der Waals surface area contributed by atoms with Gasteiger partial charge in [0.2, 0.25) is 0 Å². The third-order valence-corrected chi connectivity index (χ3v) is 3.45. The first kappa shape index (κ1) is 13.3. The Kier molecular flexibility index (Phi) is 4.00. The first-order chi connectivity index (χ1) is 9.15. The van der Waals surface area contributed by atoms with Gasteiger partial charge in [0.05, 0.1) is 16.5 Å². The van der Waals surface area contributed by atoms with Crippen LogP contribution in [0, 0.1) is 11.3 Å². The molecule has 0 aliphatic carbocycles. The van der Waals surface area contributed by atoms with Gasteiger partial charge in [0, 0.05) is 13.1 Å². The molecule has 0 aromatic heterocycles. The standard InChI is InChI=1S/C13H11N3O2S/c14-4-5-16-12(17)11(19-13(16)18)7-9-2-1-3-10(6-9)8-15/h1-3,6-7H,4-5,14H2/b11-7-. The van der Waals surface area contributed by atoms with Gasteiger partial charge < -0.3 is 5.73 Å². The summed E-state index contributed by atoms with van der Waals surface area (Å²) in [6.45, 7) is 0.468. The molecule has 0 saturated carbocycles. The van der Waals surface area contributed by atoms with Crippen molar-refractivity contribution in [3.05, 3.63) is 40.3 Å². The molecule has 2 N–H and O–H groups in total. The van der Waals surface area contributed by atoms with E-state index in [2.05, 4.69) is 0 Å². The molecule has 0 unspecified atom stereocenters. The van der Waals surface area contributed by atoms with Crippen molar-refractivity contribution in [1.29, 1.82) is 5.26 Å². The number of carbonyl (C=O) groups excluding carboxylic acids is 2. The molecule has 19 heavy (non-hydrogen) atoms. The number of nitrogens with zero attached hydrogens (tertiary/aromatic N) is 2. The number of imide groups is 1. The number of amides is 2. The molecule has 5 nitrogen and oxygen atoms in total. The predicted octanol–water partition coefficient (Wildman–Crippen LogP) is 1.55. The number of benzene rings is 1. The van der Waals surface area contributed by atoms with Crippen molar-refractivity contribution in [1.82, 2.24) is 4.90 Å². The maximum Gasteiger partial charge on any atom is 0.293 e. The molecule has 1 aromatic carbocycles. The Balaban J connectivity index is 2.27. The zero-order chi connectivity index (χ0) is 13.8. The summed E-state index contributed by atoms with van der Waals surface area (Å²) in [5.74, 6) is -0.331. The van der Waals surface area contributed by atoms with E-state index in [1.165, 1.54) is 0 Å². The Bertz CT molecular complexity index is 604. The number of hydrogen-bond donors (Lipinski definition) is 1. The highest BCUT2D eigenvalue weighted by Gasteiger charge is 2.34. The molecule has 6 heteroatoms. The van der Waals surface area contributed by atoms with E-state index in [1.807, 2.05) is 6.07 Å². The lowest BCUT2D eigenvalue weighted by Crippen LogP contribution is -2.33. The second-order valence-electron chi connectivity index (χ2n) is 3.86. The van der Waals surface area contributed by atoms with Crippen LogP contribution in [0.2, 0.25) is 0 Å². The Morgan fingerprint density at radius 3 is 2.89 bits per heavy atom. The summed E-state index contributed by atoms with van der Waals surface area (Å²) in [5.41, 5.74) is 6.59. The lowest BCUT2D eigenvalue weighted by Gasteiger charge is -2.09. The molecular weight excluding hydrogens is 262 g/mol. The molecule has 0 atom stereocenters. The second kappa shape index (κ2) is 5.69. The average molecular weight is 273 g/mol. The van der Waals surface area contributed by atoms with Crippen LogP contribution in [-0.4, -0.2) is 29.1 Å². The number of nitrogens with two attached hydrogens (primary N) is 1. The van der Waals surface area contributed by atoms with Crippen LogP contribution in [0.5, 0.6) is 0 Å². The Hall–Kier alpha value is -2.10. The molecule has 2 amide bonds. The van der Waals surface area contributed by atoms with Crippen molar-refractivity contribution in [2.24, 2.45) is 5.73 Å². The molecule has 0 spiro atoms. The highest BCUT2D eigenvalue weighted by atomic mass is 32.2. The molecule has 1 aromatic rings. The van der Waals surface area contributed by atoms with Gasteiger partial charge in [-0.1, -0.05) is 12.1 Å². The molecule has 1 heterocycles. The maximum atomic E-state index is 12.0. The van der Waals surface area contributed by atoms with Gasteiger partial charge in [-0.05, 0) is 35.5 Å². The first-order valence-electron chi connectivity index (χ1n) is 5.61. The lowest BCUT2D eigenvalue weighted by atomic mass is 10.1. The van der Waals surface area contributed by atoms with Crippen LogP contribution in [0.25, 0.3) is 6.08 Å². The van der Waals surface area contributed by atoms with Crippen LogP contribution < -0.4 is 5.73 Å². The minimum atomic E-state index is -0.331. The number of nitriles is 1. The topological polar surface area (TPSA) is 87.2 Å². The minimum absolute atomic E-state index is 0.222. The largest absolute Gasteiger partial charge is 0.329 e. The van der Waals surface area contributed by atoms with Gasteiger partial charge in [-0.15, -0.1) is 0 Å². The predicted molar refractivity (Wildman–Crippen MR) is 72.9 cm³/mol. The molecule has 1 saturated heterocycles. The number of rotatable bonds is 3. The normalized spacial score (nSPS) is 17.1. The maximum absolute atomic E-state index is 12.0. The summed E-state index contributed by atoms with van der Waals surface area (Å²) in [6.07, 6.45) is 1.61. The summed E-state index contributed by atoms with van der Waals surface area (Å²) >= 11 is 0.890. The number of hydrogen-bond acceptors (Lipinski definition) is 5. The van der Waals surface area contributed by atoms with Crippen molar-refractivity contribution in [2.45, 2.75) is 0 Å². The summed E-state index contributed by atoms with van der Waals surface area (Å²) in [7, 11) is 0.